The van der Waals surface area contributed by atoms with E-state index in [4.69, 9.17) is 37.9 Å². The topological polar surface area (TPSA) is 121 Å². The summed E-state index contributed by atoms with van der Waals surface area (Å²) in [6.07, 6.45) is 1.29. The number of hydrogen-bond donors (Lipinski definition) is 2. The number of fused-ring (bicyclic) bond motifs is 1. The summed E-state index contributed by atoms with van der Waals surface area (Å²) in [6, 6.07) is 8.68. The van der Waals surface area contributed by atoms with Gasteiger partial charge < -0.3 is 24.8 Å². The van der Waals surface area contributed by atoms with E-state index in [1.807, 2.05) is 24.3 Å². The minimum Gasteiger partial charge on any atom is -0.495 e. The van der Waals surface area contributed by atoms with Gasteiger partial charge in [0, 0.05) is 35.8 Å². The molecule has 0 radical (unpaired) electrons. The zero-order valence-electron chi connectivity index (χ0n) is 18.4. The smallest absolute Gasteiger partial charge is 0.407 e. The number of nitrogens with zero attached hydrogens (tertiary/aromatic N) is 4. The number of likely N-dealkylation sites (tertiary alicyclic amines) is 1. The fourth-order valence-corrected chi connectivity index (χ4v) is 4.85. The molecular weight excluding hydrogens is 481 g/mol. The zero-order valence-corrected chi connectivity index (χ0v) is 19.9. The van der Waals surface area contributed by atoms with Crippen LogP contribution in [-0.2, 0) is 0 Å². The monoisotopic (exact) mass is 501 g/mol. The molecule has 0 bridgehead atoms. The van der Waals surface area contributed by atoms with Gasteiger partial charge in [-0.05, 0) is 24.1 Å². The highest BCUT2D eigenvalue weighted by Crippen LogP contribution is 2.46. The number of ether oxygens (including phenoxy) is 2. The van der Waals surface area contributed by atoms with E-state index in [0.717, 1.165) is 10.9 Å². The molecule has 0 saturated carbocycles. The molecule has 2 aromatic carbocycles. The van der Waals surface area contributed by atoms with Crippen molar-refractivity contribution >= 4 is 46.1 Å². The summed E-state index contributed by atoms with van der Waals surface area (Å²) in [5, 5.41) is 23.0. The minimum absolute atomic E-state index is 0.145. The fourth-order valence-electron chi connectivity index (χ4n) is 4.13. The van der Waals surface area contributed by atoms with Crippen LogP contribution in [0.25, 0.3) is 22.0 Å². The number of benzene rings is 2. The number of amides is 1. The van der Waals surface area contributed by atoms with E-state index >= 15 is 0 Å². The Kier molecular flexibility index (Phi) is 6.82. The molecule has 1 aromatic heterocycles. The zero-order chi connectivity index (χ0) is 24.4. The summed E-state index contributed by atoms with van der Waals surface area (Å²) in [5.74, 6) is 1.26. The lowest BCUT2D eigenvalue weighted by Crippen LogP contribution is -2.35. The third-order valence-corrected chi connectivity index (χ3v) is 6.51. The Morgan fingerprint density at radius 1 is 1.26 bits per heavy atom. The summed E-state index contributed by atoms with van der Waals surface area (Å²) in [4.78, 5) is 21.7. The van der Waals surface area contributed by atoms with Crippen LogP contribution in [0.2, 0.25) is 10.0 Å². The molecule has 1 aliphatic heterocycles. The highest BCUT2D eigenvalue weighted by atomic mass is 35.5. The van der Waals surface area contributed by atoms with Crippen LogP contribution in [0.1, 0.15) is 12.8 Å². The Balaban J connectivity index is 1.62. The quantitative estimate of drug-likeness (QED) is 0.480. The Morgan fingerprint density at radius 3 is 2.59 bits per heavy atom. The lowest BCUT2D eigenvalue weighted by molar-refractivity contribution is 0.140. The number of nitriles is 1. The van der Waals surface area contributed by atoms with Gasteiger partial charge in [-0.3, -0.25) is 0 Å². The molecule has 4 rings (SSSR count). The number of rotatable bonds is 6. The predicted molar refractivity (Wildman–Crippen MR) is 129 cm³/mol. The molecule has 0 unspecified atom stereocenters. The van der Waals surface area contributed by atoms with E-state index in [-0.39, 0.29) is 25.0 Å². The summed E-state index contributed by atoms with van der Waals surface area (Å²) < 4.78 is 10.7. The molecule has 2 N–H and O–H groups in total. The van der Waals surface area contributed by atoms with Crippen molar-refractivity contribution in [2.75, 3.05) is 26.1 Å². The van der Waals surface area contributed by atoms with E-state index in [9.17, 15) is 9.90 Å². The first-order valence-electron chi connectivity index (χ1n) is 10.4. The van der Waals surface area contributed by atoms with Gasteiger partial charge in [0.15, 0.2) is 0 Å². The molecule has 0 aliphatic carbocycles. The molecular formula is C23H21Cl2N5O4. The first kappa shape index (κ1) is 23.7. The normalized spacial score (nSPS) is 17.4. The van der Waals surface area contributed by atoms with E-state index in [1.165, 1.54) is 19.1 Å². The molecule has 176 valence electrons. The fraction of sp³-hybridized carbons (Fsp3) is 0.304. The average molecular weight is 502 g/mol. The molecule has 9 nitrogen and oxygen atoms in total. The maximum atomic E-state index is 11.5. The highest BCUT2D eigenvalue weighted by molar-refractivity contribution is 6.41. The second kappa shape index (κ2) is 9.79. The lowest BCUT2D eigenvalue weighted by atomic mass is 10.0. The van der Waals surface area contributed by atoms with Gasteiger partial charge in [-0.1, -0.05) is 29.3 Å². The Morgan fingerprint density at radius 2 is 1.97 bits per heavy atom. The number of methoxy groups -OCH3 is 2. The van der Waals surface area contributed by atoms with Crippen molar-refractivity contribution in [1.82, 2.24) is 14.9 Å². The molecule has 0 spiro atoms. The molecule has 1 saturated heterocycles. The standard InChI is InChI=1S/C23H21Cl2N5O4/c1-33-17-9-18(34-2)21(25)19(20(17)24)12-3-4-16-13(7-12)10-27-22(29-16)28-14-8-15(5-6-26)30(11-14)23(31)32/h3-4,7,9-10,14-15H,5,8,11H2,1-2H3,(H,31,32)(H,27,28,29)/t14-,15+/m0/s1. The number of carboxylic acid groups (broad SMARTS) is 1. The van der Waals surface area contributed by atoms with E-state index in [2.05, 4.69) is 15.3 Å². The molecule has 1 fully saturated rings. The molecule has 1 amide bonds. The van der Waals surface area contributed by atoms with Gasteiger partial charge in [0.2, 0.25) is 5.95 Å². The maximum absolute atomic E-state index is 11.5. The lowest BCUT2D eigenvalue weighted by Gasteiger charge is -2.18. The summed E-state index contributed by atoms with van der Waals surface area (Å²) in [6.45, 7) is 0.261. The van der Waals surface area contributed by atoms with Gasteiger partial charge in [0.1, 0.15) is 11.5 Å². The molecule has 11 heteroatoms. The summed E-state index contributed by atoms with van der Waals surface area (Å²) in [5.41, 5.74) is 2.01. The van der Waals surface area contributed by atoms with Crippen LogP contribution in [-0.4, -0.2) is 58.9 Å². The van der Waals surface area contributed by atoms with Crippen molar-refractivity contribution in [2.24, 2.45) is 0 Å². The minimum atomic E-state index is -1.04. The Bertz CT molecular complexity index is 1270. The van der Waals surface area contributed by atoms with Crippen molar-refractivity contribution in [3.63, 3.8) is 0 Å². The van der Waals surface area contributed by atoms with E-state index in [1.54, 1.807) is 12.3 Å². The van der Waals surface area contributed by atoms with Gasteiger partial charge in [-0.15, -0.1) is 0 Å². The van der Waals surface area contributed by atoms with Gasteiger partial charge >= 0.3 is 6.09 Å². The van der Waals surface area contributed by atoms with Crippen molar-refractivity contribution in [3.05, 3.63) is 40.5 Å². The molecule has 2 atom stereocenters. The third kappa shape index (κ3) is 4.47. The van der Waals surface area contributed by atoms with E-state index < -0.39 is 6.09 Å². The summed E-state index contributed by atoms with van der Waals surface area (Å²) in [7, 11) is 3.04. The second-order valence-electron chi connectivity index (χ2n) is 7.78. The van der Waals surface area contributed by atoms with Crippen LogP contribution in [0.4, 0.5) is 10.7 Å². The number of hydrogen-bond acceptors (Lipinski definition) is 7. The highest BCUT2D eigenvalue weighted by Gasteiger charge is 2.35. The Labute approximate surface area is 205 Å². The number of halogens is 2. The van der Waals surface area contributed by atoms with Crippen molar-refractivity contribution < 1.29 is 19.4 Å². The molecule has 1 aliphatic rings. The van der Waals surface area contributed by atoms with Crippen molar-refractivity contribution in [2.45, 2.75) is 24.9 Å². The molecule has 3 aromatic rings. The van der Waals surface area contributed by atoms with Crippen molar-refractivity contribution in [1.29, 1.82) is 5.26 Å². The summed E-state index contributed by atoms with van der Waals surface area (Å²) >= 11 is 13.1. The molecule has 2 heterocycles. The molecule has 34 heavy (non-hydrogen) atoms. The van der Waals surface area contributed by atoms with Crippen LogP contribution < -0.4 is 14.8 Å². The van der Waals surface area contributed by atoms with Gasteiger partial charge in [0.05, 0.1) is 48.3 Å². The SMILES string of the molecule is COc1cc(OC)c(Cl)c(-c2ccc3nc(N[C@H]4C[C@@H](CC#N)N(C(=O)O)C4)ncc3c2)c1Cl. The largest absolute Gasteiger partial charge is 0.495 e. The predicted octanol–water partition coefficient (Wildman–Crippen LogP) is 5.07. The number of nitrogens with one attached hydrogen (secondary N) is 1. The van der Waals surface area contributed by atoms with Gasteiger partial charge in [0.25, 0.3) is 0 Å². The maximum Gasteiger partial charge on any atom is 0.407 e. The number of carbonyl (C=O) groups is 1. The van der Waals surface area contributed by atoms with Crippen LogP contribution >= 0.6 is 23.2 Å². The Hall–Kier alpha value is -3.48. The van der Waals surface area contributed by atoms with Gasteiger partial charge in [-0.25, -0.2) is 14.8 Å². The van der Waals surface area contributed by atoms with Crippen LogP contribution in [0.5, 0.6) is 11.5 Å². The first-order valence-corrected chi connectivity index (χ1v) is 11.1. The third-order valence-electron chi connectivity index (χ3n) is 5.76. The van der Waals surface area contributed by atoms with Crippen molar-refractivity contribution in [3.8, 4) is 28.7 Å². The average Bonchev–Trinajstić information content (AvgIpc) is 3.22. The van der Waals surface area contributed by atoms with E-state index in [0.29, 0.717) is 45.0 Å². The number of anilines is 1. The van der Waals surface area contributed by atoms with Gasteiger partial charge in [-0.2, -0.15) is 5.26 Å². The number of aromatic nitrogens is 2. The van der Waals surface area contributed by atoms with Crippen LogP contribution in [0.15, 0.2) is 30.5 Å². The first-order chi connectivity index (χ1) is 16.4. The van der Waals surface area contributed by atoms with Crippen LogP contribution in [0.3, 0.4) is 0 Å². The second-order valence-corrected chi connectivity index (χ2v) is 8.54. The van der Waals surface area contributed by atoms with Crippen LogP contribution in [0, 0.1) is 11.3 Å².